The maximum atomic E-state index is 13.9. The number of rotatable bonds is 3. The van der Waals surface area contributed by atoms with Crippen molar-refractivity contribution in [2.45, 2.75) is 88.9 Å². The minimum atomic E-state index is -5.00. The Balaban J connectivity index is 3.23. The Labute approximate surface area is 159 Å². The van der Waals surface area contributed by atoms with Gasteiger partial charge in [0.15, 0.2) is 6.04 Å². The topological polar surface area (TPSA) is 64.6 Å². The number of hydrogen-bond acceptors (Lipinski definition) is 4. The van der Waals surface area contributed by atoms with Crippen LogP contribution in [-0.2, 0) is 16.1 Å². The number of alkyl halides is 5. The number of nitrogens with one attached hydrogen (secondary N) is 1. The van der Waals surface area contributed by atoms with Gasteiger partial charge in [-0.15, -0.1) is 4.72 Å². The molecule has 0 bridgehead atoms. The molecule has 0 aromatic heterocycles. The highest BCUT2D eigenvalue weighted by Crippen LogP contribution is 2.38. The van der Waals surface area contributed by atoms with Gasteiger partial charge in [0, 0.05) is 30.7 Å². The van der Waals surface area contributed by atoms with Gasteiger partial charge in [-0.2, -0.15) is 13.2 Å². The molecular weight excluding hydrogens is 395 g/mol. The average Bonchev–Trinajstić information content (AvgIpc) is 2.38. The van der Waals surface area contributed by atoms with Gasteiger partial charge in [0.05, 0.1) is 6.04 Å². The van der Waals surface area contributed by atoms with Gasteiger partial charge in [0.25, 0.3) is 5.92 Å². The maximum Gasteiger partial charge on any atom is 0.410 e. The minimum absolute atomic E-state index is 0.594. The van der Waals surface area contributed by atoms with E-state index in [-0.39, 0.29) is 0 Å². The summed E-state index contributed by atoms with van der Waals surface area (Å²) in [5.41, 5.74) is -1.00. The first-order valence-electron chi connectivity index (χ1n) is 8.46. The lowest BCUT2D eigenvalue weighted by Gasteiger charge is -2.43. The molecule has 0 unspecified atom stereocenters. The van der Waals surface area contributed by atoms with E-state index < -0.39 is 71.4 Å². The van der Waals surface area contributed by atoms with E-state index in [1.807, 2.05) is 4.72 Å². The number of hydrogen-bond donors (Lipinski definition) is 1. The molecule has 1 amide bonds. The second kappa shape index (κ2) is 7.90. The largest absolute Gasteiger partial charge is 0.598 e. The van der Waals surface area contributed by atoms with Crippen LogP contribution >= 0.6 is 0 Å². The van der Waals surface area contributed by atoms with E-state index in [0.717, 1.165) is 0 Å². The summed E-state index contributed by atoms with van der Waals surface area (Å²) in [6, 6.07) is -4.54. The lowest BCUT2D eigenvalue weighted by Crippen LogP contribution is -2.65. The molecule has 5 nitrogen and oxygen atoms in total. The number of carbonyl (C=O) groups is 1. The summed E-state index contributed by atoms with van der Waals surface area (Å²) in [7, 11) is 0. The number of carbonyl (C=O) groups excluding carboxylic acids is 1. The quantitative estimate of drug-likeness (QED) is 0.552. The Morgan fingerprint density at radius 3 is 2.15 bits per heavy atom. The third-order valence-corrected chi connectivity index (χ3v) is 5.36. The molecule has 0 aromatic carbocycles. The van der Waals surface area contributed by atoms with Crippen molar-refractivity contribution in [3.63, 3.8) is 0 Å². The molecule has 0 spiro atoms. The number of halogens is 5. The summed E-state index contributed by atoms with van der Waals surface area (Å²) in [6.07, 6.45) is -8.08. The monoisotopic (exact) mass is 422 g/mol. The highest BCUT2D eigenvalue weighted by atomic mass is 32.2. The summed E-state index contributed by atoms with van der Waals surface area (Å²) >= 11 is -2.18. The van der Waals surface area contributed by atoms with Gasteiger partial charge in [0.2, 0.25) is 0 Å². The van der Waals surface area contributed by atoms with E-state index in [1.165, 1.54) is 41.5 Å². The molecular formula is C16H27F5N2O3S. The second-order valence-corrected chi connectivity index (χ2v) is 10.6. The molecule has 160 valence electrons. The smallest absolute Gasteiger partial charge is 0.410 e. The van der Waals surface area contributed by atoms with Gasteiger partial charge in [0.1, 0.15) is 10.3 Å². The van der Waals surface area contributed by atoms with Crippen molar-refractivity contribution in [1.29, 1.82) is 0 Å². The van der Waals surface area contributed by atoms with Crippen molar-refractivity contribution in [2.24, 2.45) is 0 Å². The Morgan fingerprint density at radius 2 is 1.74 bits per heavy atom. The number of amides is 1. The van der Waals surface area contributed by atoms with Crippen LogP contribution in [0.15, 0.2) is 0 Å². The van der Waals surface area contributed by atoms with E-state index in [4.69, 9.17) is 4.74 Å². The first kappa shape index (κ1) is 24.2. The van der Waals surface area contributed by atoms with E-state index in [1.54, 1.807) is 0 Å². The Hall–Kier alpha value is -0.810. The number of piperidine rings is 1. The van der Waals surface area contributed by atoms with Gasteiger partial charge in [-0.3, -0.25) is 0 Å². The van der Waals surface area contributed by atoms with Gasteiger partial charge >= 0.3 is 12.3 Å². The van der Waals surface area contributed by atoms with Crippen LogP contribution in [0.1, 0.15) is 54.4 Å². The predicted molar refractivity (Wildman–Crippen MR) is 91.8 cm³/mol. The summed E-state index contributed by atoms with van der Waals surface area (Å²) < 4.78 is 86.9. The lowest BCUT2D eigenvalue weighted by molar-refractivity contribution is -0.179. The van der Waals surface area contributed by atoms with E-state index >= 15 is 0 Å². The number of ether oxygens (including phenoxy) is 1. The van der Waals surface area contributed by atoms with Gasteiger partial charge < -0.3 is 14.2 Å². The van der Waals surface area contributed by atoms with Crippen LogP contribution in [0.5, 0.6) is 0 Å². The number of nitrogens with zero attached hydrogens (tertiary/aromatic N) is 1. The summed E-state index contributed by atoms with van der Waals surface area (Å²) in [5.74, 6) is -3.38. The molecule has 0 saturated carbocycles. The highest BCUT2D eigenvalue weighted by molar-refractivity contribution is 7.90. The maximum absolute atomic E-state index is 13.9. The Morgan fingerprint density at radius 1 is 1.22 bits per heavy atom. The third-order valence-electron chi connectivity index (χ3n) is 3.78. The van der Waals surface area contributed by atoms with Crippen LogP contribution in [0.25, 0.3) is 0 Å². The fourth-order valence-corrected chi connectivity index (χ4v) is 3.34. The Bertz CT molecular complexity index is 532. The van der Waals surface area contributed by atoms with Crippen molar-refractivity contribution in [2.75, 3.05) is 6.54 Å². The molecule has 1 aliphatic heterocycles. The molecule has 1 N–H and O–H groups in total. The van der Waals surface area contributed by atoms with E-state index in [0.29, 0.717) is 4.90 Å². The van der Waals surface area contributed by atoms with Crippen LogP contribution in [-0.4, -0.2) is 56.6 Å². The molecule has 3 atom stereocenters. The number of likely N-dealkylation sites (tertiary alicyclic amines) is 1. The first-order chi connectivity index (χ1) is 11.8. The average molecular weight is 422 g/mol. The zero-order chi connectivity index (χ0) is 21.4. The van der Waals surface area contributed by atoms with Crippen molar-refractivity contribution < 1.29 is 36.0 Å². The van der Waals surface area contributed by atoms with Crippen LogP contribution < -0.4 is 4.72 Å². The summed E-state index contributed by atoms with van der Waals surface area (Å²) in [4.78, 5) is 13.0. The van der Waals surface area contributed by atoms with Crippen molar-refractivity contribution >= 4 is 17.5 Å². The molecule has 0 aromatic rings. The molecule has 1 fully saturated rings. The standard InChI is InChI=1S/C16H27F5N2O3S/c1-13(2,3)26-12(24)23-8-7-15(17,18)9-10(23)11(16(19,20)21)22-27(25)14(4,5)6/h10-11,22H,7-9H2,1-6H3/t10-,11-,27-/m1/s1. The van der Waals surface area contributed by atoms with Crippen LogP contribution in [0.2, 0.25) is 0 Å². The van der Waals surface area contributed by atoms with Gasteiger partial charge in [-0.05, 0) is 41.5 Å². The molecule has 1 rings (SSSR count). The molecule has 0 radical (unpaired) electrons. The highest BCUT2D eigenvalue weighted by Gasteiger charge is 2.56. The van der Waals surface area contributed by atoms with Gasteiger partial charge in [-0.25, -0.2) is 13.6 Å². The third kappa shape index (κ3) is 7.26. The molecule has 0 aliphatic carbocycles. The van der Waals surface area contributed by atoms with E-state index in [9.17, 15) is 31.3 Å². The van der Waals surface area contributed by atoms with Crippen molar-refractivity contribution in [3.8, 4) is 0 Å². The van der Waals surface area contributed by atoms with Crippen LogP contribution in [0.4, 0.5) is 26.7 Å². The summed E-state index contributed by atoms with van der Waals surface area (Å²) in [6.45, 7) is 8.31. The fraction of sp³-hybridized carbons (Fsp3) is 0.938. The Kier molecular flexibility index (Phi) is 7.09. The SMILES string of the molecule is CC(C)(C)OC(=O)N1CCC(F)(F)C[C@@H]1[C@@H](N[S@+]([O-])C(C)(C)C)C(F)(F)F. The van der Waals surface area contributed by atoms with Crippen LogP contribution in [0, 0.1) is 0 Å². The molecule has 1 aliphatic rings. The van der Waals surface area contributed by atoms with E-state index in [2.05, 4.69) is 0 Å². The molecule has 11 heteroatoms. The minimum Gasteiger partial charge on any atom is -0.598 e. The van der Waals surface area contributed by atoms with Crippen LogP contribution in [0.3, 0.4) is 0 Å². The van der Waals surface area contributed by atoms with Gasteiger partial charge in [-0.1, -0.05) is 0 Å². The van der Waals surface area contributed by atoms with Crippen molar-refractivity contribution in [3.05, 3.63) is 0 Å². The lowest BCUT2D eigenvalue weighted by atomic mass is 9.93. The van der Waals surface area contributed by atoms with Crippen molar-refractivity contribution in [1.82, 2.24) is 9.62 Å². The molecule has 1 heterocycles. The summed E-state index contributed by atoms with van der Waals surface area (Å²) in [5, 5.41) is 0. The fourth-order valence-electron chi connectivity index (χ4n) is 2.47. The second-order valence-electron chi connectivity index (χ2n) is 8.57. The first-order valence-corrected chi connectivity index (χ1v) is 9.61. The normalized spacial score (nSPS) is 23.7. The predicted octanol–water partition coefficient (Wildman–Crippen LogP) is 4.00. The molecule has 27 heavy (non-hydrogen) atoms. The zero-order valence-corrected chi connectivity index (χ0v) is 17.1. The zero-order valence-electron chi connectivity index (χ0n) is 16.2. The molecule has 1 saturated heterocycles.